The van der Waals surface area contributed by atoms with Gasteiger partial charge in [0.1, 0.15) is 36.1 Å². The predicted molar refractivity (Wildman–Crippen MR) is 122 cm³/mol. The number of amides is 1. The molecule has 0 unspecified atom stereocenters. The second-order valence-electron chi connectivity index (χ2n) is 7.83. The fraction of sp³-hybridized carbons (Fsp3) is 0.400. The highest BCUT2D eigenvalue weighted by Crippen LogP contribution is 2.35. The van der Waals surface area contributed by atoms with Crippen LogP contribution in [-0.2, 0) is 15.0 Å². The van der Waals surface area contributed by atoms with Gasteiger partial charge in [0, 0.05) is 18.4 Å². The van der Waals surface area contributed by atoms with Crippen LogP contribution in [0.25, 0.3) is 0 Å². The number of nitrogens with zero attached hydrogens (tertiary/aromatic N) is 1. The molecule has 1 fully saturated rings. The monoisotopic (exact) mass is 464 g/mol. The molecule has 2 aromatic carbocycles. The van der Waals surface area contributed by atoms with Gasteiger partial charge in [0.15, 0.2) is 0 Å². The summed E-state index contributed by atoms with van der Waals surface area (Å²) in [6.07, 6.45) is 4.05. The molecule has 1 aliphatic heterocycles. The summed E-state index contributed by atoms with van der Waals surface area (Å²) in [5.41, 5.74) is -0.263. The standard InChI is InChI=1S/C20H21F3N2O.C4H8O.CH2O/c1-25-10-8-20(9-11-25,14-4-2-5-15(21)12-14)13-24-19(26)18-16(22)6-3-7-17(18)23;1-2-3-4-5;1-2/h2-7,12H,8-11,13H2,1H3,(H,24,26);4H,2-3H2,1H3;1H2. The number of nitrogens with one attached hydrogen (secondary N) is 1. The summed E-state index contributed by atoms with van der Waals surface area (Å²) >= 11 is 0. The van der Waals surface area contributed by atoms with Crippen molar-refractivity contribution in [3.05, 3.63) is 71.0 Å². The highest BCUT2D eigenvalue weighted by Gasteiger charge is 2.36. The van der Waals surface area contributed by atoms with Crippen LogP contribution >= 0.6 is 0 Å². The predicted octanol–water partition coefficient (Wildman–Crippen LogP) is 4.30. The van der Waals surface area contributed by atoms with Crippen LogP contribution in [0, 0.1) is 17.5 Å². The molecular formula is C25H31F3N2O3. The lowest BCUT2D eigenvalue weighted by molar-refractivity contribution is -0.107. The molecule has 3 rings (SSSR count). The first-order valence-electron chi connectivity index (χ1n) is 10.7. The summed E-state index contributed by atoms with van der Waals surface area (Å²) < 4.78 is 41.4. The van der Waals surface area contributed by atoms with Crippen molar-refractivity contribution in [1.82, 2.24) is 10.2 Å². The summed E-state index contributed by atoms with van der Waals surface area (Å²) in [6.45, 7) is 5.76. The Kier molecular flexibility index (Phi) is 12.1. The van der Waals surface area contributed by atoms with E-state index in [0.717, 1.165) is 43.5 Å². The fourth-order valence-corrected chi connectivity index (χ4v) is 3.60. The summed E-state index contributed by atoms with van der Waals surface area (Å²) in [5, 5.41) is 2.66. The van der Waals surface area contributed by atoms with Crippen molar-refractivity contribution in [1.29, 1.82) is 0 Å². The van der Waals surface area contributed by atoms with Gasteiger partial charge in [-0.05, 0) is 69.2 Å². The Morgan fingerprint density at radius 3 is 2.15 bits per heavy atom. The maximum absolute atomic E-state index is 13.8. The van der Waals surface area contributed by atoms with Crippen LogP contribution in [0.1, 0.15) is 48.5 Å². The van der Waals surface area contributed by atoms with Crippen molar-refractivity contribution < 1.29 is 27.6 Å². The molecule has 1 heterocycles. The van der Waals surface area contributed by atoms with E-state index in [2.05, 4.69) is 10.2 Å². The zero-order valence-corrected chi connectivity index (χ0v) is 19.1. The minimum absolute atomic E-state index is 0.191. The van der Waals surface area contributed by atoms with Gasteiger partial charge in [0.2, 0.25) is 0 Å². The number of unbranched alkanes of at least 4 members (excludes halogenated alkanes) is 1. The third-order valence-electron chi connectivity index (χ3n) is 5.56. The van der Waals surface area contributed by atoms with Gasteiger partial charge in [-0.25, -0.2) is 13.2 Å². The van der Waals surface area contributed by atoms with Crippen LogP contribution < -0.4 is 5.32 Å². The minimum Gasteiger partial charge on any atom is -0.351 e. The lowest BCUT2D eigenvalue weighted by atomic mass is 9.72. The molecule has 33 heavy (non-hydrogen) atoms. The molecule has 0 radical (unpaired) electrons. The second kappa shape index (κ2) is 14.2. The zero-order chi connectivity index (χ0) is 24.9. The van der Waals surface area contributed by atoms with Crippen LogP contribution in [0.4, 0.5) is 13.2 Å². The van der Waals surface area contributed by atoms with Crippen LogP contribution in [0.5, 0.6) is 0 Å². The molecule has 0 bridgehead atoms. The number of carbonyl (C=O) groups is 3. The normalized spacial score (nSPS) is 14.7. The van der Waals surface area contributed by atoms with E-state index in [1.165, 1.54) is 18.2 Å². The molecule has 1 amide bonds. The number of aldehydes is 1. The maximum atomic E-state index is 13.8. The van der Waals surface area contributed by atoms with E-state index in [1.807, 2.05) is 26.8 Å². The molecule has 1 saturated heterocycles. The van der Waals surface area contributed by atoms with Gasteiger partial charge in [0.05, 0.1) is 0 Å². The van der Waals surface area contributed by atoms with E-state index in [1.54, 1.807) is 6.07 Å². The zero-order valence-electron chi connectivity index (χ0n) is 19.1. The molecule has 180 valence electrons. The SMILES string of the molecule is C=O.CCCC=O.CN1CCC(CNC(=O)c2c(F)cccc2F)(c2cccc(F)c2)CC1. The smallest absolute Gasteiger partial charge is 0.257 e. The minimum atomic E-state index is -0.898. The Hall–Kier alpha value is -3.00. The van der Waals surface area contributed by atoms with Crippen LogP contribution in [0.2, 0.25) is 0 Å². The summed E-state index contributed by atoms with van der Waals surface area (Å²) in [7, 11) is 2.00. The van der Waals surface area contributed by atoms with E-state index < -0.39 is 28.5 Å². The lowest BCUT2D eigenvalue weighted by Crippen LogP contribution is -2.48. The van der Waals surface area contributed by atoms with Gasteiger partial charge in [-0.3, -0.25) is 4.79 Å². The molecule has 1 aliphatic rings. The molecule has 2 aromatic rings. The second-order valence-corrected chi connectivity index (χ2v) is 7.83. The number of rotatable bonds is 6. The van der Waals surface area contributed by atoms with Crippen LogP contribution in [0.3, 0.4) is 0 Å². The number of hydrogen-bond donors (Lipinski definition) is 1. The van der Waals surface area contributed by atoms with E-state index in [-0.39, 0.29) is 12.4 Å². The van der Waals surface area contributed by atoms with E-state index >= 15 is 0 Å². The molecule has 0 saturated carbocycles. The number of piperidine rings is 1. The van der Waals surface area contributed by atoms with Gasteiger partial charge < -0.3 is 19.8 Å². The van der Waals surface area contributed by atoms with Crippen molar-refractivity contribution in [3.63, 3.8) is 0 Å². The molecule has 1 N–H and O–H groups in total. The largest absolute Gasteiger partial charge is 0.351 e. The molecule has 0 aromatic heterocycles. The molecule has 5 nitrogen and oxygen atoms in total. The average molecular weight is 465 g/mol. The Labute approximate surface area is 193 Å². The number of benzene rings is 2. The van der Waals surface area contributed by atoms with Crippen molar-refractivity contribution in [2.24, 2.45) is 0 Å². The maximum Gasteiger partial charge on any atom is 0.257 e. The molecule has 0 spiro atoms. The van der Waals surface area contributed by atoms with Crippen molar-refractivity contribution in [2.75, 3.05) is 26.7 Å². The first-order valence-corrected chi connectivity index (χ1v) is 10.7. The van der Waals surface area contributed by atoms with E-state index in [0.29, 0.717) is 19.3 Å². The van der Waals surface area contributed by atoms with E-state index in [4.69, 9.17) is 4.79 Å². The quantitative estimate of drug-likeness (QED) is 0.648. The number of carbonyl (C=O) groups excluding carboxylic acids is 3. The van der Waals surface area contributed by atoms with Gasteiger partial charge in [0.25, 0.3) is 5.91 Å². The highest BCUT2D eigenvalue weighted by molar-refractivity contribution is 5.94. The van der Waals surface area contributed by atoms with Crippen LogP contribution in [0.15, 0.2) is 42.5 Å². The third-order valence-corrected chi connectivity index (χ3v) is 5.56. The Morgan fingerprint density at radius 2 is 1.67 bits per heavy atom. The van der Waals surface area contributed by atoms with Gasteiger partial charge >= 0.3 is 0 Å². The highest BCUT2D eigenvalue weighted by atomic mass is 19.1. The van der Waals surface area contributed by atoms with E-state index in [9.17, 15) is 22.8 Å². The Balaban J connectivity index is 0.000000689. The third kappa shape index (κ3) is 8.13. The summed E-state index contributed by atoms with van der Waals surface area (Å²) in [4.78, 5) is 31.9. The Bertz CT molecular complexity index is 880. The molecule has 0 atom stereocenters. The Morgan fingerprint density at radius 1 is 1.09 bits per heavy atom. The van der Waals surface area contributed by atoms with Crippen molar-refractivity contribution in [2.45, 2.75) is 38.0 Å². The number of likely N-dealkylation sites (tertiary alicyclic amines) is 1. The number of hydrogen-bond acceptors (Lipinski definition) is 4. The molecular weight excluding hydrogens is 433 g/mol. The first-order chi connectivity index (χ1) is 15.8. The summed E-state index contributed by atoms with van der Waals surface area (Å²) in [6, 6.07) is 9.65. The average Bonchev–Trinajstić information content (AvgIpc) is 2.81. The van der Waals surface area contributed by atoms with Gasteiger partial charge in [-0.15, -0.1) is 0 Å². The summed E-state index contributed by atoms with van der Waals surface area (Å²) in [5.74, 6) is -2.93. The molecule has 8 heteroatoms. The van der Waals surface area contributed by atoms with Gasteiger partial charge in [-0.1, -0.05) is 25.1 Å². The van der Waals surface area contributed by atoms with Gasteiger partial charge in [-0.2, -0.15) is 0 Å². The van der Waals surface area contributed by atoms with Crippen molar-refractivity contribution >= 4 is 19.0 Å². The lowest BCUT2D eigenvalue weighted by Gasteiger charge is -2.41. The molecule has 0 aliphatic carbocycles. The first kappa shape index (κ1) is 28.0. The topological polar surface area (TPSA) is 66.5 Å². The number of halogens is 3. The fourth-order valence-electron chi connectivity index (χ4n) is 3.60. The van der Waals surface area contributed by atoms with Crippen LogP contribution in [-0.4, -0.2) is 50.6 Å². The van der Waals surface area contributed by atoms with Crippen molar-refractivity contribution in [3.8, 4) is 0 Å².